The molecule has 16 heavy (non-hydrogen) atoms. The van der Waals surface area contributed by atoms with Gasteiger partial charge in [0, 0.05) is 18.7 Å². The van der Waals surface area contributed by atoms with E-state index in [2.05, 4.69) is 19.2 Å². The molecular formula is C13H21NO2. The van der Waals surface area contributed by atoms with E-state index >= 15 is 0 Å². The van der Waals surface area contributed by atoms with Crippen LogP contribution in [0.3, 0.4) is 0 Å². The van der Waals surface area contributed by atoms with E-state index in [0.29, 0.717) is 0 Å². The van der Waals surface area contributed by atoms with Gasteiger partial charge in [0.1, 0.15) is 5.76 Å². The standard InChI is InChI=1S/C13H21NO2/c1-3-13(2,8-10-15)14-9-4-6-12-7-5-11-16-12/h4-7,11,14-15H,3,8-10H2,1-2H3/b6-4+. The lowest BCUT2D eigenvalue weighted by Gasteiger charge is -2.28. The van der Waals surface area contributed by atoms with Crippen LogP contribution >= 0.6 is 0 Å². The summed E-state index contributed by atoms with van der Waals surface area (Å²) >= 11 is 0. The molecule has 1 heterocycles. The Morgan fingerprint density at radius 1 is 1.56 bits per heavy atom. The van der Waals surface area contributed by atoms with Crippen molar-refractivity contribution in [1.82, 2.24) is 5.32 Å². The lowest BCUT2D eigenvalue weighted by atomic mass is 9.95. The summed E-state index contributed by atoms with van der Waals surface area (Å²) in [4.78, 5) is 0. The largest absolute Gasteiger partial charge is 0.465 e. The molecule has 1 aromatic rings. The molecule has 0 fully saturated rings. The van der Waals surface area contributed by atoms with Crippen molar-refractivity contribution < 1.29 is 9.52 Å². The number of rotatable bonds is 7. The second kappa shape index (κ2) is 6.51. The molecule has 0 spiro atoms. The maximum absolute atomic E-state index is 8.97. The molecule has 2 N–H and O–H groups in total. The molecule has 90 valence electrons. The van der Waals surface area contributed by atoms with Gasteiger partial charge in [-0.25, -0.2) is 0 Å². The van der Waals surface area contributed by atoms with Crippen molar-refractivity contribution in [2.75, 3.05) is 13.2 Å². The van der Waals surface area contributed by atoms with Crippen LogP contribution in [0.2, 0.25) is 0 Å². The van der Waals surface area contributed by atoms with Crippen LogP contribution in [-0.4, -0.2) is 23.8 Å². The van der Waals surface area contributed by atoms with E-state index in [1.807, 2.05) is 24.3 Å². The van der Waals surface area contributed by atoms with Crippen LogP contribution in [0.1, 0.15) is 32.4 Å². The average molecular weight is 223 g/mol. The molecule has 0 bridgehead atoms. The summed E-state index contributed by atoms with van der Waals surface area (Å²) in [5.74, 6) is 0.863. The summed E-state index contributed by atoms with van der Waals surface area (Å²) in [6.07, 6.45) is 7.42. The van der Waals surface area contributed by atoms with E-state index in [4.69, 9.17) is 9.52 Å². The first kappa shape index (κ1) is 13.0. The Kier molecular flexibility index (Phi) is 5.29. The normalized spacial score (nSPS) is 15.4. The van der Waals surface area contributed by atoms with Gasteiger partial charge in [0.25, 0.3) is 0 Å². The van der Waals surface area contributed by atoms with Crippen LogP contribution < -0.4 is 5.32 Å². The zero-order chi connectivity index (χ0) is 11.9. The van der Waals surface area contributed by atoms with Crippen LogP contribution in [0.4, 0.5) is 0 Å². The molecule has 1 rings (SSSR count). The quantitative estimate of drug-likeness (QED) is 0.746. The molecule has 0 saturated carbocycles. The van der Waals surface area contributed by atoms with Crippen molar-refractivity contribution >= 4 is 6.08 Å². The second-order valence-electron chi connectivity index (χ2n) is 4.19. The zero-order valence-electron chi connectivity index (χ0n) is 10.1. The lowest BCUT2D eigenvalue weighted by molar-refractivity contribution is 0.220. The average Bonchev–Trinajstić information content (AvgIpc) is 2.78. The topological polar surface area (TPSA) is 45.4 Å². The number of aliphatic hydroxyl groups excluding tert-OH is 1. The van der Waals surface area contributed by atoms with Crippen molar-refractivity contribution in [3.63, 3.8) is 0 Å². The summed E-state index contributed by atoms with van der Waals surface area (Å²) in [6, 6.07) is 3.79. The van der Waals surface area contributed by atoms with Crippen LogP contribution in [0.15, 0.2) is 28.9 Å². The maximum atomic E-state index is 8.97. The van der Waals surface area contributed by atoms with E-state index in [1.54, 1.807) is 6.26 Å². The molecule has 0 aliphatic heterocycles. The molecule has 1 aromatic heterocycles. The fourth-order valence-electron chi connectivity index (χ4n) is 1.50. The zero-order valence-corrected chi connectivity index (χ0v) is 10.1. The van der Waals surface area contributed by atoms with Crippen molar-refractivity contribution in [2.45, 2.75) is 32.2 Å². The molecule has 3 heteroatoms. The first-order valence-corrected chi connectivity index (χ1v) is 5.76. The summed E-state index contributed by atoms with van der Waals surface area (Å²) in [7, 11) is 0. The highest BCUT2D eigenvalue weighted by molar-refractivity contribution is 5.42. The Labute approximate surface area is 97.2 Å². The van der Waals surface area contributed by atoms with Gasteiger partial charge < -0.3 is 14.8 Å². The molecule has 0 aromatic carbocycles. The Bertz CT molecular complexity index is 306. The highest BCUT2D eigenvalue weighted by Crippen LogP contribution is 2.13. The molecule has 0 radical (unpaired) electrons. The van der Waals surface area contributed by atoms with Gasteiger partial charge in [0.2, 0.25) is 0 Å². The van der Waals surface area contributed by atoms with Crippen LogP contribution in [0.25, 0.3) is 6.08 Å². The number of aliphatic hydroxyl groups is 1. The summed E-state index contributed by atoms with van der Waals surface area (Å²) < 4.78 is 5.18. The fourth-order valence-corrected chi connectivity index (χ4v) is 1.50. The predicted molar refractivity (Wildman–Crippen MR) is 66.1 cm³/mol. The van der Waals surface area contributed by atoms with Crippen LogP contribution in [0, 0.1) is 0 Å². The maximum Gasteiger partial charge on any atom is 0.126 e. The minimum absolute atomic E-state index is 0.0161. The third-order valence-electron chi connectivity index (χ3n) is 2.92. The van der Waals surface area contributed by atoms with E-state index in [-0.39, 0.29) is 12.1 Å². The van der Waals surface area contributed by atoms with Crippen LogP contribution in [0.5, 0.6) is 0 Å². The molecule has 0 saturated heterocycles. The number of nitrogens with one attached hydrogen (secondary N) is 1. The lowest BCUT2D eigenvalue weighted by Crippen LogP contribution is -2.42. The Morgan fingerprint density at radius 3 is 2.94 bits per heavy atom. The smallest absolute Gasteiger partial charge is 0.126 e. The summed E-state index contributed by atoms with van der Waals surface area (Å²) in [5, 5.41) is 12.4. The summed E-state index contributed by atoms with van der Waals surface area (Å²) in [6.45, 7) is 5.26. The van der Waals surface area contributed by atoms with E-state index < -0.39 is 0 Å². The van der Waals surface area contributed by atoms with Crippen molar-refractivity contribution in [2.24, 2.45) is 0 Å². The Balaban J connectivity index is 2.33. The van der Waals surface area contributed by atoms with Crippen molar-refractivity contribution in [1.29, 1.82) is 0 Å². The van der Waals surface area contributed by atoms with Gasteiger partial charge in [-0.15, -0.1) is 0 Å². The minimum Gasteiger partial charge on any atom is -0.465 e. The summed E-state index contributed by atoms with van der Waals surface area (Å²) in [5.41, 5.74) is 0.0161. The van der Waals surface area contributed by atoms with Crippen molar-refractivity contribution in [3.05, 3.63) is 30.2 Å². The number of furan rings is 1. The van der Waals surface area contributed by atoms with Gasteiger partial charge in [-0.2, -0.15) is 0 Å². The molecule has 0 aliphatic rings. The van der Waals surface area contributed by atoms with Gasteiger partial charge >= 0.3 is 0 Å². The van der Waals surface area contributed by atoms with Gasteiger partial charge in [0.05, 0.1) is 6.26 Å². The Hall–Kier alpha value is -1.06. The number of hydrogen-bond donors (Lipinski definition) is 2. The predicted octanol–water partition coefficient (Wildman–Crippen LogP) is 2.43. The van der Waals surface area contributed by atoms with Gasteiger partial charge in [0.15, 0.2) is 0 Å². The molecular weight excluding hydrogens is 202 g/mol. The highest BCUT2D eigenvalue weighted by atomic mass is 16.3. The van der Waals surface area contributed by atoms with Crippen molar-refractivity contribution in [3.8, 4) is 0 Å². The van der Waals surface area contributed by atoms with Crippen LogP contribution in [-0.2, 0) is 0 Å². The third-order valence-corrected chi connectivity index (χ3v) is 2.92. The SMILES string of the molecule is CCC(C)(CCO)NC/C=C/c1ccco1. The van der Waals surface area contributed by atoms with E-state index in [1.165, 1.54) is 0 Å². The molecule has 0 amide bonds. The molecule has 0 aliphatic carbocycles. The third kappa shape index (κ3) is 4.21. The number of hydrogen-bond acceptors (Lipinski definition) is 3. The monoisotopic (exact) mass is 223 g/mol. The van der Waals surface area contributed by atoms with E-state index in [9.17, 15) is 0 Å². The first-order valence-electron chi connectivity index (χ1n) is 5.76. The second-order valence-corrected chi connectivity index (χ2v) is 4.19. The van der Waals surface area contributed by atoms with E-state index in [0.717, 1.165) is 25.1 Å². The van der Waals surface area contributed by atoms with Gasteiger partial charge in [-0.3, -0.25) is 0 Å². The minimum atomic E-state index is 0.0161. The highest BCUT2D eigenvalue weighted by Gasteiger charge is 2.19. The first-order chi connectivity index (χ1) is 7.70. The molecule has 1 atom stereocenters. The molecule has 1 unspecified atom stereocenters. The van der Waals surface area contributed by atoms with Gasteiger partial charge in [-0.05, 0) is 38.0 Å². The Morgan fingerprint density at radius 2 is 2.38 bits per heavy atom. The molecule has 3 nitrogen and oxygen atoms in total. The fraction of sp³-hybridized carbons (Fsp3) is 0.538. The van der Waals surface area contributed by atoms with Gasteiger partial charge in [-0.1, -0.05) is 13.0 Å².